The number of rotatable bonds is 3. The fraction of sp³-hybridized carbons (Fsp3) is 0.842. The molecule has 5 heteroatoms. The molecular formula is C19H32O4Si. The Hall–Kier alpha value is -0.653. The molecule has 0 aromatic rings. The van der Waals surface area contributed by atoms with Gasteiger partial charge in [0.1, 0.15) is 5.60 Å². The highest BCUT2D eigenvalue weighted by molar-refractivity contribution is 6.74. The van der Waals surface area contributed by atoms with Crippen LogP contribution < -0.4 is 0 Å². The molecule has 0 amide bonds. The highest BCUT2D eigenvalue weighted by Crippen LogP contribution is 2.61. The maximum Gasteiger partial charge on any atom is 0.309 e. The normalized spacial score (nSPS) is 45.0. The van der Waals surface area contributed by atoms with Crippen molar-refractivity contribution in [2.24, 2.45) is 17.8 Å². The summed E-state index contributed by atoms with van der Waals surface area (Å²) >= 11 is 0. The number of carbonyl (C=O) groups is 1. The molecule has 2 aliphatic carbocycles. The number of hydrogen-bond acceptors (Lipinski definition) is 4. The number of aliphatic hydroxyl groups is 1. The van der Waals surface area contributed by atoms with E-state index in [0.717, 1.165) is 0 Å². The summed E-state index contributed by atoms with van der Waals surface area (Å²) in [5, 5.41) is 11.3. The van der Waals surface area contributed by atoms with E-state index in [2.05, 4.69) is 40.4 Å². The largest absolute Gasteiger partial charge is 0.459 e. The van der Waals surface area contributed by atoms with Gasteiger partial charge in [0, 0.05) is 18.3 Å². The van der Waals surface area contributed by atoms with Crippen molar-refractivity contribution in [3.8, 4) is 0 Å². The molecule has 24 heavy (non-hydrogen) atoms. The Morgan fingerprint density at radius 1 is 1.42 bits per heavy atom. The second-order valence-electron chi connectivity index (χ2n) is 9.75. The van der Waals surface area contributed by atoms with Gasteiger partial charge in [-0.25, -0.2) is 0 Å². The first-order chi connectivity index (χ1) is 10.8. The van der Waals surface area contributed by atoms with Gasteiger partial charge in [0.25, 0.3) is 0 Å². The van der Waals surface area contributed by atoms with Crippen molar-refractivity contribution >= 4 is 14.3 Å². The monoisotopic (exact) mass is 352 g/mol. The first kappa shape index (κ1) is 18.1. The van der Waals surface area contributed by atoms with Crippen LogP contribution in [0.25, 0.3) is 0 Å². The summed E-state index contributed by atoms with van der Waals surface area (Å²) < 4.78 is 12.6. The number of hydrogen-bond donors (Lipinski definition) is 1. The molecule has 0 radical (unpaired) electrons. The summed E-state index contributed by atoms with van der Waals surface area (Å²) in [7, 11) is -1.96. The quantitative estimate of drug-likeness (QED) is 0.478. The van der Waals surface area contributed by atoms with Crippen molar-refractivity contribution in [1.82, 2.24) is 0 Å². The van der Waals surface area contributed by atoms with Crippen LogP contribution in [-0.4, -0.2) is 36.7 Å². The van der Waals surface area contributed by atoms with Gasteiger partial charge in [-0.3, -0.25) is 4.79 Å². The Labute approximate surface area is 146 Å². The first-order valence-corrected chi connectivity index (χ1v) is 12.0. The Morgan fingerprint density at radius 3 is 2.58 bits per heavy atom. The summed E-state index contributed by atoms with van der Waals surface area (Å²) in [6, 6.07) is 0. The lowest BCUT2D eigenvalue weighted by atomic mass is 9.60. The van der Waals surface area contributed by atoms with Gasteiger partial charge in [0.15, 0.2) is 8.32 Å². The number of esters is 1. The van der Waals surface area contributed by atoms with Crippen LogP contribution >= 0.6 is 0 Å². The fourth-order valence-corrected chi connectivity index (χ4v) is 6.31. The average Bonchev–Trinajstić information content (AvgIpc) is 2.65. The first-order valence-electron chi connectivity index (χ1n) is 9.11. The minimum Gasteiger partial charge on any atom is -0.459 e. The van der Waals surface area contributed by atoms with E-state index in [-0.39, 0.29) is 34.9 Å². The molecule has 136 valence electrons. The second kappa shape index (κ2) is 5.18. The van der Waals surface area contributed by atoms with Crippen LogP contribution in [0.2, 0.25) is 18.1 Å². The average molecular weight is 353 g/mol. The number of carbonyl (C=O) groups excluding carboxylic acids is 1. The van der Waals surface area contributed by atoms with Gasteiger partial charge in [0.2, 0.25) is 0 Å². The molecule has 4 nitrogen and oxygen atoms in total. The highest BCUT2D eigenvalue weighted by atomic mass is 28.4. The van der Waals surface area contributed by atoms with Gasteiger partial charge >= 0.3 is 5.97 Å². The molecule has 6 atom stereocenters. The molecule has 1 N–H and O–H groups in total. The Kier molecular flexibility index (Phi) is 3.92. The van der Waals surface area contributed by atoms with E-state index in [1.165, 1.54) is 0 Å². The molecule has 3 rings (SSSR count). The molecule has 0 aromatic carbocycles. The summed E-state index contributed by atoms with van der Waals surface area (Å²) in [5.74, 6) is -0.345. The van der Waals surface area contributed by atoms with Gasteiger partial charge in [-0.2, -0.15) is 0 Å². The third-order valence-corrected chi connectivity index (χ3v) is 11.7. The highest BCUT2D eigenvalue weighted by Gasteiger charge is 2.69. The van der Waals surface area contributed by atoms with E-state index in [0.29, 0.717) is 19.3 Å². The zero-order valence-corrected chi connectivity index (χ0v) is 16.9. The van der Waals surface area contributed by atoms with E-state index in [9.17, 15) is 9.90 Å². The van der Waals surface area contributed by atoms with E-state index < -0.39 is 19.5 Å². The van der Waals surface area contributed by atoms with Crippen molar-refractivity contribution in [3.05, 3.63) is 12.7 Å². The van der Waals surface area contributed by atoms with Crippen LogP contribution in [0.5, 0.6) is 0 Å². The minimum atomic E-state index is -1.96. The maximum atomic E-state index is 12.5. The Balaban J connectivity index is 1.99. The third-order valence-electron chi connectivity index (χ3n) is 7.18. The van der Waals surface area contributed by atoms with Crippen LogP contribution in [-0.2, 0) is 14.0 Å². The van der Waals surface area contributed by atoms with Crippen molar-refractivity contribution in [1.29, 1.82) is 0 Å². The predicted molar refractivity (Wildman–Crippen MR) is 96.0 cm³/mol. The predicted octanol–water partition coefficient (Wildman–Crippen LogP) is 3.66. The van der Waals surface area contributed by atoms with Crippen LogP contribution in [0, 0.1) is 17.8 Å². The summed E-state index contributed by atoms with van der Waals surface area (Å²) in [6.07, 6.45) is 3.54. The zero-order valence-electron chi connectivity index (χ0n) is 15.9. The van der Waals surface area contributed by atoms with Gasteiger partial charge in [-0.1, -0.05) is 26.8 Å². The van der Waals surface area contributed by atoms with Gasteiger partial charge in [0.05, 0.1) is 17.6 Å². The molecule has 1 saturated heterocycles. The Bertz CT molecular complexity index is 566. The topological polar surface area (TPSA) is 55.8 Å². The second-order valence-corrected chi connectivity index (χ2v) is 14.5. The number of ether oxygens (including phenoxy) is 1. The van der Waals surface area contributed by atoms with E-state index >= 15 is 0 Å². The minimum absolute atomic E-state index is 0.0240. The molecular weight excluding hydrogens is 320 g/mol. The molecule has 0 unspecified atom stereocenters. The molecule has 0 spiro atoms. The van der Waals surface area contributed by atoms with Crippen molar-refractivity contribution in [2.45, 2.75) is 82.4 Å². The molecule has 0 aromatic heterocycles. The molecule has 4 bridgehead atoms. The standard InChI is InChI=1S/C19H32O4Si/c1-8-19(21)10-9-12-14-13(23-24(6,7)17(2,3)4)11-18(5,15(14)19)22-16(12)20/h8,12-15,21H,1,9-11H2,2-7H3/t12-,13+,14+,15+,18-,19+/m0/s1. The van der Waals surface area contributed by atoms with Crippen molar-refractivity contribution in [3.63, 3.8) is 0 Å². The van der Waals surface area contributed by atoms with Crippen molar-refractivity contribution < 1.29 is 19.1 Å². The molecule has 1 aliphatic heterocycles. The van der Waals surface area contributed by atoms with Gasteiger partial charge in [-0.05, 0) is 37.9 Å². The van der Waals surface area contributed by atoms with Gasteiger partial charge < -0.3 is 14.3 Å². The zero-order chi connectivity index (χ0) is 18.1. The van der Waals surface area contributed by atoms with Gasteiger partial charge in [-0.15, -0.1) is 6.58 Å². The summed E-state index contributed by atoms with van der Waals surface area (Å²) in [4.78, 5) is 12.5. The smallest absolute Gasteiger partial charge is 0.309 e. The SMILES string of the molecule is C=C[C@@]1(O)CC[C@@H]2C(=O)O[C@@]3(C)C[C@@H](O[Si](C)(C)C(C)(C)C)[C@@H]2[C@@H]13. The fourth-order valence-electron chi connectivity index (χ4n) is 4.96. The van der Waals surface area contributed by atoms with E-state index in [1.807, 2.05) is 6.92 Å². The summed E-state index contributed by atoms with van der Waals surface area (Å²) in [5.41, 5.74) is -1.63. The third kappa shape index (κ3) is 2.43. The van der Waals surface area contributed by atoms with Crippen LogP contribution in [0.4, 0.5) is 0 Å². The summed E-state index contributed by atoms with van der Waals surface area (Å²) in [6.45, 7) is 17.0. The lowest BCUT2D eigenvalue weighted by Crippen LogP contribution is -2.60. The molecule has 3 aliphatic rings. The van der Waals surface area contributed by atoms with Crippen LogP contribution in [0.15, 0.2) is 12.7 Å². The lowest BCUT2D eigenvalue weighted by molar-refractivity contribution is -0.209. The van der Waals surface area contributed by atoms with E-state index in [1.54, 1.807) is 6.08 Å². The lowest BCUT2D eigenvalue weighted by Gasteiger charge is -2.52. The van der Waals surface area contributed by atoms with Crippen LogP contribution in [0.3, 0.4) is 0 Å². The molecule has 3 fully saturated rings. The molecule has 2 saturated carbocycles. The Morgan fingerprint density at radius 2 is 2.04 bits per heavy atom. The van der Waals surface area contributed by atoms with E-state index in [4.69, 9.17) is 9.16 Å². The van der Waals surface area contributed by atoms with Crippen LogP contribution in [0.1, 0.15) is 47.0 Å². The molecule has 1 heterocycles. The maximum absolute atomic E-state index is 12.5. The van der Waals surface area contributed by atoms with Crippen molar-refractivity contribution in [2.75, 3.05) is 0 Å².